The minimum atomic E-state index is -6.72. The van der Waals surface area contributed by atoms with E-state index in [-0.39, 0.29) is 0 Å². The molecular formula is C19H26F6N2O4S3. The van der Waals surface area contributed by atoms with Crippen LogP contribution in [0.3, 0.4) is 0 Å². The molecule has 0 atom stereocenters. The molecular weight excluding hydrogens is 530 g/mol. The molecule has 0 fully saturated rings. The van der Waals surface area contributed by atoms with Gasteiger partial charge in [0.05, 0.1) is 0 Å². The van der Waals surface area contributed by atoms with Gasteiger partial charge in [-0.1, -0.05) is 68.9 Å². The molecule has 0 saturated heterocycles. The van der Waals surface area contributed by atoms with Crippen molar-refractivity contribution in [3.63, 3.8) is 0 Å². The number of rotatable bonds is 11. The Morgan fingerprint density at radius 3 is 1.76 bits per heavy atom. The van der Waals surface area contributed by atoms with Crippen molar-refractivity contribution in [1.29, 1.82) is 0 Å². The Labute approximate surface area is 199 Å². The van der Waals surface area contributed by atoms with E-state index >= 15 is 0 Å². The lowest BCUT2D eigenvalue weighted by Gasteiger charge is -2.22. The lowest BCUT2D eigenvalue weighted by atomic mass is 10.1. The average Bonchev–Trinajstić information content (AvgIpc) is 3.11. The molecule has 0 aliphatic heterocycles. The minimum absolute atomic E-state index is 0.778. The summed E-state index contributed by atoms with van der Waals surface area (Å²) in [4.78, 5) is 0. The number of hydrogen-bond acceptors (Lipinski definition) is 5. The smallest absolute Gasteiger partial charge is 0.421 e. The molecule has 2 aromatic rings. The number of aromatic nitrogens is 1. The number of para-hydroxylation sites is 1. The Bertz CT molecular complexity index is 1060. The summed E-state index contributed by atoms with van der Waals surface area (Å²) in [5.74, 6) is 0. The van der Waals surface area contributed by atoms with E-state index in [4.69, 9.17) is 0 Å². The van der Waals surface area contributed by atoms with Gasteiger partial charge in [-0.05, 0) is 12.5 Å². The van der Waals surface area contributed by atoms with Gasteiger partial charge >= 0.3 is 11.0 Å². The van der Waals surface area contributed by atoms with Gasteiger partial charge in [-0.25, -0.2) is 16.8 Å². The second-order valence-electron chi connectivity index (χ2n) is 7.28. The summed E-state index contributed by atoms with van der Waals surface area (Å²) in [5.41, 5.74) is -8.74. The number of aryl methyl sites for hydroxylation is 1. The maximum Gasteiger partial charge on any atom is 0.480 e. The van der Waals surface area contributed by atoms with Crippen molar-refractivity contribution in [2.45, 2.75) is 75.9 Å². The van der Waals surface area contributed by atoms with Gasteiger partial charge in [-0.15, -0.1) is 0 Å². The van der Waals surface area contributed by atoms with Crippen LogP contribution in [0.1, 0.15) is 58.3 Å². The molecule has 0 aliphatic rings. The van der Waals surface area contributed by atoms with E-state index in [2.05, 4.69) is 41.3 Å². The third-order valence-electron chi connectivity index (χ3n) is 4.52. The molecule has 0 unspecified atom stereocenters. The Hall–Kier alpha value is -1.45. The normalized spacial score (nSPS) is 13.0. The van der Waals surface area contributed by atoms with Crippen molar-refractivity contribution in [3.8, 4) is 0 Å². The quantitative estimate of drug-likeness (QED) is 0.182. The molecule has 196 valence electrons. The number of hydrogen-bond donors (Lipinski definition) is 0. The molecule has 0 amide bonds. The number of fused-ring (bicyclic) bond motifs is 1. The van der Waals surface area contributed by atoms with Gasteiger partial charge in [0, 0.05) is 12.5 Å². The van der Waals surface area contributed by atoms with E-state index < -0.39 is 31.1 Å². The van der Waals surface area contributed by atoms with E-state index in [1.165, 1.54) is 68.1 Å². The highest BCUT2D eigenvalue weighted by atomic mass is 32.3. The largest absolute Gasteiger partial charge is 0.480 e. The molecule has 1 aromatic carbocycles. The molecule has 0 aliphatic carbocycles. The Morgan fingerprint density at radius 1 is 0.794 bits per heavy atom. The highest BCUT2D eigenvalue weighted by Gasteiger charge is 2.46. The average molecular weight is 557 g/mol. The van der Waals surface area contributed by atoms with Gasteiger partial charge in [0.1, 0.15) is 11.2 Å². The summed E-state index contributed by atoms with van der Waals surface area (Å²) >= 11 is 1.85. The summed E-state index contributed by atoms with van der Waals surface area (Å²) < 4.78 is 113. The van der Waals surface area contributed by atoms with E-state index in [1.54, 1.807) is 0 Å². The lowest BCUT2D eigenvalue weighted by Crippen LogP contribution is -2.31. The fraction of sp³-hybridized carbons (Fsp3) is 0.632. The van der Waals surface area contributed by atoms with Crippen molar-refractivity contribution >= 4 is 41.6 Å². The summed E-state index contributed by atoms with van der Waals surface area (Å²) in [6, 6.07) is 8.71. The van der Waals surface area contributed by atoms with Crippen LogP contribution in [-0.2, 0) is 26.6 Å². The topological polar surface area (TPSA) is 86.3 Å². The number of halogens is 6. The van der Waals surface area contributed by atoms with Crippen molar-refractivity contribution in [1.82, 2.24) is 0 Å². The van der Waals surface area contributed by atoms with E-state index in [1.807, 2.05) is 11.3 Å². The molecule has 0 radical (unpaired) electrons. The molecule has 34 heavy (non-hydrogen) atoms. The molecule has 0 N–H and O–H groups in total. The van der Waals surface area contributed by atoms with E-state index in [0.29, 0.717) is 0 Å². The van der Waals surface area contributed by atoms with Gasteiger partial charge in [0.2, 0.25) is 11.0 Å². The van der Waals surface area contributed by atoms with Crippen LogP contribution in [0, 0.1) is 0 Å². The molecule has 1 heterocycles. The van der Waals surface area contributed by atoms with Crippen LogP contribution in [-0.4, -0.2) is 27.9 Å². The highest BCUT2D eigenvalue weighted by molar-refractivity contribution is 8.13. The second-order valence-corrected chi connectivity index (χ2v) is 11.6. The van der Waals surface area contributed by atoms with Crippen LogP contribution in [0.2, 0.25) is 0 Å². The maximum absolute atomic E-state index is 11.4. The number of sulfonamides is 2. The first-order valence-electron chi connectivity index (χ1n) is 10.3. The predicted molar refractivity (Wildman–Crippen MR) is 118 cm³/mol. The first-order valence-corrected chi connectivity index (χ1v) is 14.1. The number of alkyl halides is 6. The molecule has 15 heteroatoms. The summed E-state index contributed by atoms with van der Waals surface area (Å²) in [7, 11) is -13.4. The third kappa shape index (κ3) is 9.66. The Balaban J connectivity index is 0.000000352. The first kappa shape index (κ1) is 30.6. The van der Waals surface area contributed by atoms with E-state index in [9.17, 15) is 43.2 Å². The van der Waals surface area contributed by atoms with Crippen molar-refractivity contribution in [2.24, 2.45) is 0 Å². The SMILES string of the molecule is CCCCCCCCCC[n+]1csc2ccccc21.O=S(=O)([N-]S(=O)(=O)C(F)(F)F)C(F)(F)F. The second kappa shape index (κ2) is 13.0. The molecule has 6 nitrogen and oxygen atoms in total. The Morgan fingerprint density at radius 2 is 1.26 bits per heavy atom. The van der Waals surface area contributed by atoms with Gasteiger partial charge in [0.15, 0.2) is 20.0 Å². The number of thiazole rings is 1. The zero-order valence-corrected chi connectivity index (χ0v) is 20.7. The van der Waals surface area contributed by atoms with Crippen LogP contribution in [0.4, 0.5) is 26.3 Å². The van der Waals surface area contributed by atoms with Crippen LogP contribution < -0.4 is 4.57 Å². The fourth-order valence-corrected chi connectivity index (χ4v) is 5.41. The molecule has 1 aromatic heterocycles. The van der Waals surface area contributed by atoms with E-state index in [0.717, 1.165) is 4.13 Å². The number of benzene rings is 1. The fourth-order valence-electron chi connectivity index (χ4n) is 2.77. The van der Waals surface area contributed by atoms with Crippen molar-refractivity contribution in [3.05, 3.63) is 33.9 Å². The number of nitrogens with zero attached hydrogens (tertiary/aromatic N) is 2. The number of unbranched alkanes of at least 4 members (excludes halogenated alkanes) is 7. The van der Waals surface area contributed by atoms with Gasteiger partial charge in [0.25, 0.3) is 0 Å². The van der Waals surface area contributed by atoms with Crippen LogP contribution in [0.5, 0.6) is 0 Å². The van der Waals surface area contributed by atoms with Gasteiger partial charge < -0.3 is 4.13 Å². The van der Waals surface area contributed by atoms with Crippen LogP contribution in [0.15, 0.2) is 29.8 Å². The molecule has 0 spiro atoms. The predicted octanol–water partition coefficient (Wildman–Crippen LogP) is 6.39. The van der Waals surface area contributed by atoms with Crippen molar-refractivity contribution in [2.75, 3.05) is 0 Å². The molecule has 0 saturated carbocycles. The zero-order chi connectivity index (χ0) is 26.0. The summed E-state index contributed by atoms with van der Waals surface area (Å²) in [5, 5.41) is 0. The minimum Gasteiger partial charge on any atom is -0.421 e. The standard InChI is InChI=1S/C17H26NS.C2F6NO4S2/c1-2-3-4-5-6-7-8-11-14-18-15-19-17-13-10-9-12-16(17)18;3-1(4,5)14(10,11)9-15(12,13)2(6,7)8/h9-10,12-13,15H,2-8,11,14H2,1H3;/q+1;-1. The lowest BCUT2D eigenvalue weighted by molar-refractivity contribution is -0.667. The van der Waals surface area contributed by atoms with Crippen LogP contribution in [0.25, 0.3) is 14.3 Å². The van der Waals surface area contributed by atoms with Crippen molar-refractivity contribution < 1.29 is 47.7 Å². The first-order chi connectivity index (χ1) is 15.6. The summed E-state index contributed by atoms with van der Waals surface area (Å²) in [6.45, 7) is 3.46. The third-order valence-corrected chi connectivity index (χ3v) is 8.21. The Kier molecular flexibility index (Phi) is 11.7. The monoisotopic (exact) mass is 556 g/mol. The van der Waals surface area contributed by atoms with Crippen LogP contribution >= 0.6 is 11.3 Å². The summed E-state index contributed by atoms with van der Waals surface area (Å²) in [6.07, 6.45) is 11.2. The van der Waals surface area contributed by atoms with Gasteiger partial charge in [-0.2, -0.15) is 30.9 Å². The maximum atomic E-state index is 11.4. The highest BCUT2D eigenvalue weighted by Crippen LogP contribution is 2.36. The zero-order valence-electron chi connectivity index (χ0n) is 18.3. The van der Waals surface area contributed by atoms with Gasteiger partial charge in [-0.3, -0.25) is 0 Å². The molecule has 2 rings (SSSR count). The molecule has 0 bridgehead atoms.